The summed E-state index contributed by atoms with van der Waals surface area (Å²) in [4.78, 5) is 24.4. The standard InChI is InChI=1S/C16H12N4O/c21-16(12-6-9-17-10-7-12)20-13-4-5-15(19-11-13)14-3-1-2-8-18-14/h1-11H,(H,20,21). The number of anilines is 1. The molecule has 102 valence electrons. The van der Waals surface area contributed by atoms with Crippen LogP contribution in [0.2, 0.25) is 0 Å². The number of pyridine rings is 3. The summed E-state index contributed by atoms with van der Waals surface area (Å²) in [7, 11) is 0. The number of hydrogen-bond acceptors (Lipinski definition) is 4. The number of carbonyl (C=O) groups excluding carboxylic acids is 1. The molecule has 5 nitrogen and oxygen atoms in total. The fourth-order valence-corrected chi connectivity index (χ4v) is 1.84. The third-order valence-electron chi connectivity index (χ3n) is 2.89. The molecule has 3 heterocycles. The van der Waals surface area contributed by atoms with E-state index in [1.54, 1.807) is 43.0 Å². The first kappa shape index (κ1) is 12.9. The number of nitrogens with zero attached hydrogens (tertiary/aromatic N) is 3. The molecule has 3 rings (SSSR count). The van der Waals surface area contributed by atoms with Crippen molar-refractivity contribution in [2.75, 3.05) is 5.32 Å². The van der Waals surface area contributed by atoms with E-state index in [2.05, 4.69) is 20.3 Å². The second kappa shape index (κ2) is 5.92. The summed E-state index contributed by atoms with van der Waals surface area (Å²) in [5, 5.41) is 2.79. The molecule has 3 aromatic heterocycles. The van der Waals surface area contributed by atoms with E-state index in [0.717, 1.165) is 11.4 Å². The summed E-state index contributed by atoms with van der Waals surface area (Å²) < 4.78 is 0. The van der Waals surface area contributed by atoms with Crippen LogP contribution in [0.1, 0.15) is 10.4 Å². The normalized spacial score (nSPS) is 10.1. The average molecular weight is 276 g/mol. The monoisotopic (exact) mass is 276 g/mol. The minimum atomic E-state index is -0.190. The summed E-state index contributed by atoms with van der Waals surface area (Å²) in [6.45, 7) is 0. The van der Waals surface area contributed by atoms with Crippen LogP contribution in [0.25, 0.3) is 11.4 Å². The highest BCUT2D eigenvalue weighted by molar-refractivity contribution is 6.04. The van der Waals surface area contributed by atoms with Crippen LogP contribution in [0.4, 0.5) is 5.69 Å². The molecule has 0 aliphatic heterocycles. The SMILES string of the molecule is O=C(Nc1ccc(-c2ccccn2)nc1)c1ccncc1. The van der Waals surface area contributed by atoms with Crippen LogP contribution in [0, 0.1) is 0 Å². The van der Waals surface area contributed by atoms with Gasteiger partial charge in [-0.15, -0.1) is 0 Å². The molecule has 0 unspecified atom stereocenters. The number of carbonyl (C=O) groups is 1. The lowest BCUT2D eigenvalue weighted by Gasteiger charge is -2.05. The summed E-state index contributed by atoms with van der Waals surface area (Å²) in [5.41, 5.74) is 2.75. The molecule has 0 bridgehead atoms. The Bertz CT molecular complexity index is 727. The number of nitrogens with one attached hydrogen (secondary N) is 1. The second-order valence-corrected chi connectivity index (χ2v) is 4.34. The van der Waals surface area contributed by atoms with Crippen LogP contribution in [0.5, 0.6) is 0 Å². The van der Waals surface area contributed by atoms with Crippen molar-refractivity contribution in [3.05, 3.63) is 72.8 Å². The fraction of sp³-hybridized carbons (Fsp3) is 0. The lowest BCUT2D eigenvalue weighted by molar-refractivity contribution is 0.102. The summed E-state index contributed by atoms with van der Waals surface area (Å²) in [6.07, 6.45) is 6.49. The Morgan fingerprint density at radius 1 is 0.857 bits per heavy atom. The molecule has 1 amide bonds. The van der Waals surface area contributed by atoms with Crippen LogP contribution in [0.3, 0.4) is 0 Å². The zero-order valence-electron chi connectivity index (χ0n) is 11.1. The van der Waals surface area contributed by atoms with Crippen LogP contribution >= 0.6 is 0 Å². The zero-order valence-corrected chi connectivity index (χ0v) is 11.1. The Hall–Kier alpha value is -3.08. The lowest BCUT2D eigenvalue weighted by atomic mass is 10.2. The minimum absolute atomic E-state index is 0.190. The molecule has 0 saturated heterocycles. The van der Waals surface area contributed by atoms with Crippen molar-refractivity contribution in [2.45, 2.75) is 0 Å². The molecule has 3 aromatic rings. The van der Waals surface area contributed by atoms with Gasteiger partial charge >= 0.3 is 0 Å². The Morgan fingerprint density at radius 2 is 1.67 bits per heavy atom. The van der Waals surface area contributed by atoms with E-state index in [-0.39, 0.29) is 5.91 Å². The van der Waals surface area contributed by atoms with Crippen molar-refractivity contribution < 1.29 is 4.79 Å². The van der Waals surface area contributed by atoms with Gasteiger partial charge in [0.05, 0.1) is 23.3 Å². The van der Waals surface area contributed by atoms with Crippen molar-refractivity contribution in [3.8, 4) is 11.4 Å². The molecular formula is C16H12N4O. The molecule has 21 heavy (non-hydrogen) atoms. The van der Waals surface area contributed by atoms with Crippen molar-refractivity contribution in [3.63, 3.8) is 0 Å². The summed E-state index contributed by atoms with van der Waals surface area (Å²) in [5.74, 6) is -0.190. The first-order valence-electron chi connectivity index (χ1n) is 6.42. The maximum Gasteiger partial charge on any atom is 0.255 e. The predicted octanol–water partition coefficient (Wildman–Crippen LogP) is 2.79. The predicted molar refractivity (Wildman–Crippen MR) is 79.7 cm³/mol. The van der Waals surface area contributed by atoms with E-state index >= 15 is 0 Å². The van der Waals surface area contributed by atoms with E-state index in [1.807, 2.05) is 24.3 Å². The third-order valence-corrected chi connectivity index (χ3v) is 2.89. The van der Waals surface area contributed by atoms with Gasteiger partial charge in [-0.3, -0.25) is 19.7 Å². The molecule has 0 atom stereocenters. The lowest BCUT2D eigenvalue weighted by Crippen LogP contribution is -2.11. The Kier molecular flexibility index (Phi) is 3.64. The summed E-state index contributed by atoms with van der Waals surface area (Å²) >= 11 is 0. The van der Waals surface area contributed by atoms with E-state index < -0.39 is 0 Å². The Labute approximate surface area is 121 Å². The van der Waals surface area contributed by atoms with E-state index in [1.165, 1.54) is 0 Å². The first-order valence-corrected chi connectivity index (χ1v) is 6.42. The van der Waals surface area contributed by atoms with Gasteiger partial charge in [0.2, 0.25) is 0 Å². The highest BCUT2D eigenvalue weighted by Crippen LogP contribution is 2.16. The van der Waals surface area contributed by atoms with Crippen LogP contribution in [0.15, 0.2) is 67.3 Å². The van der Waals surface area contributed by atoms with Crippen molar-refractivity contribution in [1.82, 2.24) is 15.0 Å². The molecule has 0 spiro atoms. The van der Waals surface area contributed by atoms with Crippen LogP contribution in [-0.4, -0.2) is 20.9 Å². The van der Waals surface area contributed by atoms with Crippen LogP contribution < -0.4 is 5.32 Å². The Balaban J connectivity index is 1.75. The van der Waals surface area contributed by atoms with Gasteiger partial charge in [-0.05, 0) is 36.4 Å². The van der Waals surface area contributed by atoms with Crippen LogP contribution in [-0.2, 0) is 0 Å². The molecule has 0 radical (unpaired) electrons. The first-order chi connectivity index (χ1) is 10.3. The largest absolute Gasteiger partial charge is 0.321 e. The second-order valence-electron chi connectivity index (χ2n) is 4.34. The van der Waals surface area contributed by atoms with Gasteiger partial charge in [0.25, 0.3) is 5.91 Å². The average Bonchev–Trinajstić information content (AvgIpc) is 2.57. The maximum atomic E-state index is 12.0. The molecule has 0 aromatic carbocycles. The number of hydrogen-bond donors (Lipinski definition) is 1. The van der Waals surface area contributed by atoms with Gasteiger partial charge in [-0.1, -0.05) is 6.07 Å². The van der Waals surface area contributed by atoms with Gasteiger partial charge in [-0.25, -0.2) is 0 Å². The van der Waals surface area contributed by atoms with Gasteiger partial charge < -0.3 is 5.32 Å². The highest BCUT2D eigenvalue weighted by atomic mass is 16.1. The van der Waals surface area contributed by atoms with E-state index in [4.69, 9.17) is 0 Å². The van der Waals surface area contributed by atoms with Gasteiger partial charge in [-0.2, -0.15) is 0 Å². The molecule has 1 N–H and O–H groups in total. The third kappa shape index (κ3) is 3.09. The molecule has 0 aliphatic rings. The minimum Gasteiger partial charge on any atom is -0.321 e. The van der Waals surface area contributed by atoms with Gasteiger partial charge in [0.1, 0.15) is 0 Å². The van der Waals surface area contributed by atoms with Crippen molar-refractivity contribution >= 4 is 11.6 Å². The number of amides is 1. The van der Waals surface area contributed by atoms with E-state index in [9.17, 15) is 4.79 Å². The summed E-state index contributed by atoms with van der Waals surface area (Å²) in [6, 6.07) is 12.6. The van der Waals surface area contributed by atoms with Gasteiger partial charge in [0, 0.05) is 24.2 Å². The molecule has 5 heteroatoms. The van der Waals surface area contributed by atoms with E-state index in [0.29, 0.717) is 11.3 Å². The molecule has 0 fully saturated rings. The Morgan fingerprint density at radius 3 is 2.33 bits per heavy atom. The zero-order chi connectivity index (χ0) is 14.5. The molecule has 0 saturated carbocycles. The number of aromatic nitrogens is 3. The number of rotatable bonds is 3. The van der Waals surface area contributed by atoms with Gasteiger partial charge in [0.15, 0.2) is 0 Å². The molecule has 0 aliphatic carbocycles. The van der Waals surface area contributed by atoms with Crippen molar-refractivity contribution in [2.24, 2.45) is 0 Å². The van der Waals surface area contributed by atoms with Crippen molar-refractivity contribution in [1.29, 1.82) is 0 Å². The fourth-order valence-electron chi connectivity index (χ4n) is 1.84. The molecular weight excluding hydrogens is 264 g/mol. The quantitative estimate of drug-likeness (QED) is 0.798. The topological polar surface area (TPSA) is 67.8 Å². The smallest absolute Gasteiger partial charge is 0.255 e. The maximum absolute atomic E-state index is 12.0. The highest BCUT2D eigenvalue weighted by Gasteiger charge is 2.06.